The van der Waals surface area contributed by atoms with Gasteiger partial charge in [0.25, 0.3) is 0 Å². The molecule has 0 unspecified atom stereocenters. The Bertz CT molecular complexity index is 462. The van der Waals surface area contributed by atoms with Gasteiger partial charge >= 0.3 is 6.03 Å². The van der Waals surface area contributed by atoms with Gasteiger partial charge in [0.1, 0.15) is 5.82 Å². The quantitative estimate of drug-likeness (QED) is 0.283. The summed E-state index contributed by atoms with van der Waals surface area (Å²) in [6.45, 7) is 2.44. The van der Waals surface area contributed by atoms with Gasteiger partial charge in [-0.1, -0.05) is 12.1 Å². The number of hydrogen-bond acceptors (Lipinski definition) is 3. The van der Waals surface area contributed by atoms with Gasteiger partial charge < -0.3 is 21.6 Å². The maximum atomic E-state index is 13.1. The van der Waals surface area contributed by atoms with Crippen molar-refractivity contribution in [1.29, 1.82) is 0 Å². The van der Waals surface area contributed by atoms with Crippen LogP contribution in [0.4, 0.5) is 14.9 Å². The van der Waals surface area contributed by atoms with Crippen LogP contribution >= 0.6 is 0 Å². The van der Waals surface area contributed by atoms with Gasteiger partial charge in [0.2, 0.25) is 0 Å². The lowest BCUT2D eigenvalue weighted by Gasteiger charge is -2.10. The summed E-state index contributed by atoms with van der Waals surface area (Å²) in [7, 11) is 0. The van der Waals surface area contributed by atoms with Crippen LogP contribution in [0.2, 0.25) is 0 Å². The van der Waals surface area contributed by atoms with Crippen molar-refractivity contribution in [2.24, 2.45) is 10.9 Å². The fraction of sp³-hybridized carbons (Fsp3) is 0.273. The number of halogens is 1. The zero-order valence-corrected chi connectivity index (χ0v) is 9.90. The van der Waals surface area contributed by atoms with Crippen LogP contribution in [0.5, 0.6) is 0 Å². The second kappa shape index (κ2) is 6.43. The molecule has 0 aliphatic heterocycles. The molecule has 98 valence electrons. The Hall–Kier alpha value is -2.31. The molecule has 0 aliphatic carbocycles. The Morgan fingerprint density at radius 1 is 1.56 bits per heavy atom. The molecule has 0 bridgehead atoms. The molecule has 0 spiro atoms. The van der Waals surface area contributed by atoms with Crippen LogP contribution in [0, 0.1) is 5.82 Å². The average Bonchev–Trinajstić information content (AvgIpc) is 2.37. The second-order valence-electron chi connectivity index (χ2n) is 3.56. The highest BCUT2D eigenvalue weighted by molar-refractivity contribution is 6.05. The molecule has 6 nitrogen and oxygen atoms in total. The maximum absolute atomic E-state index is 13.1. The molecule has 1 aromatic rings. The number of carbonyl (C=O) groups is 1. The van der Waals surface area contributed by atoms with Crippen LogP contribution in [-0.2, 0) is 0 Å². The molecule has 5 N–H and O–H groups in total. The predicted octanol–water partition coefficient (Wildman–Crippen LogP) is 1.45. The molecule has 1 aromatic carbocycles. The third-order valence-corrected chi connectivity index (χ3v) is 2.15. The van der Waals surface area contributed by atoms with E-state index in [1.54, 1.807) is 0 Å². The molecule has 0 atom stereocenters. The Balaban J connectivity index is 2.91. The fourth-order valence-corrected chi connectivity index (χ4v) is 1.30. The Labute approximate surface area is 104 Å². The summed E-state index contributed by atoms with van der Waals surface area (Å²) in [5, 5.41) is 16.5. The third kappa shape index (κ3) is 3.62. The molecule has 2 amide bonds. The van der Waals surface area contributed by atoms with Crippen molar-refractivity contribution in [3.05, 3.63) is 29.6 Å². The van der Waals surface area contributed by atoms with E-state index < -0.39 is 11.8 Å². The lowest BCUT2D eigenvalue weighted by molar-refractivity contribution is 0.252. The molecule has 0 aliphatic rings. The highest BCUT2D eigenvalue weighted by atomic mass is 19.1. The Morgan fingerprint density at radius 2 is 2.28 bits per heavy atom. The van der Waals surface area contributed by atoms with Crippen LogP contribution < -0.4 is 16.4 Å². The normalized spacial score (nSPS) is 11.1. The summed E-state index contributed by atoms with van der Waals surface area (Å²) < 4.78 is 13.1. The molecule has 0 saturated heterocycles. The van der Waals surface area contributed by atoms with Gasteiger partial charge in [0.05, 0.1) is 5.69 Å². The van der Waals surface area contributed by atoms with Crippen molar-refractivity contribution in [2.75, 3.05) is 11.9 Å². The highest BCUT2D eigenvalue weighted by Crippen LogP contribution is 2.16. The van der Waals surface area contributed by atoms with Crippen molar-refractivity contribution in [3.63, 3.8) is 0 Å². The van der Waals surface area contributed by atoms with E-state index in [0.717, 1.165) is 12.5 Å². The summed E-state index contributed by atoms with van der Waals surface area (Å²) in [4.78, 5) is 11.5. The molecular weight excluding hydrogens is 239 g/mol. The van der Waals surface area contributed by atoms with Crippen LogP contribution in [0.25, 0.3) is 0 Å². The van der Waals surface area contributed by atoms with E-state index in [4.69, 9.17) is 10.9 Å². The first-order valence-corrected chi connectivity index (χ1v) is 5.40. The monoisotopic (exact) mass is 254 g/mol. The molecule has 0 radical (unpaired) electrons. The minimum atomic E-state index is -0.545. The van der Waals surface area contributed by atoms with Crippen molar-refractivity contribution in [3.8, 4) is 0 Å². The zero-order chi connectivity index (χ0) is 13.5. The fourth-order valence-electron chi connectivity index (χ4n) is 1.30. The van der Waals surface area contributed by atoms with Gasteiger partial charge in [-0.2, -0.15) is 0 Å². The van der Waals surface area contributed by atoms with Crippen molar-refractivity contribution >= 4 is 17.6 Å². The van der Waals surface area contributed by atoms with E-state index in [1.165, 1.54) is 12.1 Å². The summed E-state index contributed by atoms with van der Waals surface area (Å²) >= 11 is 0. The van der Waals surface area contributed by atoms with Gasteiger partial charge in [-0.3, -0.25) is 0 Å². The van der Waals surface area contributed by atoms with Crippen molar-refractivity contribution in [1.82, 2.24) is 5.32 Å². The number of amidine groups is 1. The molecule has 0 heterocycles. The number of benzene rings is 1. The first-order valence-electron chi connectivity index (χ1n) is 5.40. The van der Waals surface area contributed by atoms with Crippen molar-refractivity contribution < 1.29 is 14.4 Å². The third-order valence-electron chi connectivity index (χ3n) is 2.15. The van der Waals surface area contributed by atoms with Crippen molar-refractivity contribution in [2.45, 2.75) is 13.3 Å². The summed E-state index contributed by atoms with van der Waals surface area (Å²) in [6.07, 6.45) is 0.796. The number of hydrogen-bond donors (Lipinski definition) is 4. The SMILES string of the molecule is CCCNC(=O)Nc1ccc(F)cc1/C(N)=N/O. The largest absolute Gasteiger partial charge is 0.409 e. The van der Waals surface area contributed by atoms with Gasteiger partial charge in [0.15, 0.2) is 5.84 Å². The number of oxime groups is 1. The van der Waals surface area contributed by atoms with Gasteiger partial charge in [-0.15, -0.1) is 0 Å². The van der Waals surface area contributed by atoms with Gasteiger partial charge in [-0.05, 0) is 24.6 Å². The Kier molecular flexibility index (Phi) is 4.91. The number of nitrogens with two attached hydrogens (primary N) is 1. The first-order chi connectivity index (χ1) is 8.58. The topological polar surface area (TPSA) is 99.7 Å². The van der Waals surface area contributed by atoms with E-state index in [1.807, 2.05) is 6.92 Å². The van der Waals surface area contributed by atoms with E-state index in [-0.39, 0.29) is 17.1 Å². The van der Waals surface area contributed by atoms with Crippen LogP contribution in [-0.4, -0.2) is 23.6 Å². The smallest absolute Gasteiger partial charge is 0.319 e. The number of nitrogens with one attached hydrogen (secondary N) is 2. The van der Waals surface area contributed by atoms with Crippen LogP contribution in [0.1, 0.15) is 18.9 Å². The predicted molar refractivity (Wildman–Crippen MR) is 66.2 cm³/mol. The number of nitrogens with zero attached hydrogens (tertiary/aromatic N) is 1. The highest BCUT2D eigenvalue weighted by Gasteiger charge is 2.11. The van der Waals surface area contributed by atoms with E-state index in [0.29, 0.717) is 6.54 Å². The molecule has 0 fully saturated rings. The zero-order valence-electron chi connectivity index (χ0n) is 9.90. The molecule has 0 aromatic heterocycles. The number of amides is 2. The van der Waals surface area contributed by atoms with E-state index in [2.05, 4.69) is 15.8 Å². The van der Waals surface area contributed by atoms with Crippen LogP contribution in [0.15, 0.2) is 23.4 Å². The Morgan fingerprint density at radius 3 is 2.89 bits per heavy atom. The van der Waals surface area contributed by atoms with Gasteiger partial charge in [0, 0.05) is 12.1 Å². The van der Waals surface area contributed by atoms with E-state index in [9.17, 15) is 9.18 Å². The standard InChI is InChI=1S/C11H15FN4O2/c1-2-5-14-11(17)15-9-4-3-7(12)6-8(9)10(13)16-18/h3-4,6,18H,2,5H2,1H3,(H2,13,16)(H2,14,15,17). The lowest BCUT2D eigenvalue weighted by atomic mass is 10.1. The number of urea groups is 1. The summed E-state index contributed by atoms with van der Waals surface area (Å²) in [5.41, 5.74) is 5.78. The number of carbonyl (C=O) groups excluding carboxylic acids is 1. The number of rotatable bonds is 4. The average molecular weight is 254 g/mol. The van der Waals surface area contributed by atoms with Gasteiger partial charge in [-0.25, -0.2) is 9.18 Å². The summed E-state index contributed by atoms with van der Waals surface area (Å²) in [5.74, 6) is -0.823. The first kappa shape index (κ1) is 13.8. The molecule has 18 heavy (non-hydrogen) atoms. The molecular formula is C11H15FN4O2. The lowest BCUT2D eigenvalue weighted by Crippen LogP contribution is -2.30. The summed E-state index contributed by atoms with van der Waals surface area (Å²) in [6, 6.07) is 3.15. The molecule has 1 rings (SSSR count). The van der Waals surface area contributed by atoms with Crippen LogP contribution in [0.3, 0.4) is 0 Å². The second-order valence-corrected chi connectivity index (χ2v) is 3.56. The maximum Gasteiger partial charge on any atom is 0.319 e. The molecule has 7 heteroatoms. The molecule has 0 saturated carbocycles. The van der Waals surface area contributed by atoms with E-state index >= 15 is 0 Å². The minimum absolute atomic E-state index is 0.115. The number of anilines is 1. The minimum Gasteiger partial charge on any atom is -0.409 e.